The van der Waals surface area contributed by atoms with E-state index in [1.807, 2.05) is 13.0 Å². The van der Waals surface area contributed by atoms with Crippen molar-refractivity contribution in [2.75, 3.05) is 7.11 Å². The lowest BCUT2D eigenvalue weighted by molar-refractivity contribution is 0.0876. The van der Waals surface area contributed by atoms with Gasteiger partial charge in [-0.2, -0.15) is 0 Å². The van der Waals surface area contributed by atoms with Gasteiger partial charge in [0.1, 0.15) is 11.4 Å². The zero-order chi connectivity index (χ0) is 10.6. The number of ether oxygens (including phenoxy) is 1. The summed E-state index contributed by atoms with van der Waals surface area (Å²) in [5.41, 5.74) is 0.718. The minimum atomic E-state index is -0.488. The first-order valence-corrected chi connectivity index (χ1v) is 4.96. The molecule has 0 aliphatic heterocycles. The first-order chi connectivity index (χ1) is 6.59. The van der Waals surface area contributed by atoms with E-state index < -0.39 is 5.60 Å². The summed E-state index contributed by atoms with van der Waals surface area (Å²) >= 11 is 0. The van der Waals surface area contributed by atoms with Crippen LogP contribution in [0, 0.1) is 0 Å². The number of allylic oxidation sites excluding steroid dienone is 3. The van der Waals surface area contributed by atoms with E-state index in [1.165, 1.54) is 5.57 Å². The topological polar surface area (TPSA) is 29.5 Å². The van der Waals surface area contributed by atoms with Gasteiger partial charge in [-0.25, -0.2) is 0 Å². The third-order valence-corrected chi connectivity index (χ3v) is 2.35. The summed E-state index contributed by atoms with van der Waals surface area (Å²) in [5, 5.41) is 9.50. The number of hydrogen-bond acceptors (Lipinski definition) is 2. The molecule has 2 nitrogen and oxygen atoms in total. The van der Waals surface area contributed by atoms with Gasteiger partial charge in [-0.3, -0.25) is 0 Å². The Labute approximate surface area is 85.6 Å². The second-order valence-electron chi connectivity index (χ2n) is 3.76. The molecule has 1 rings (SSSR count). The molecule has 0 aromatic heterocycles. The van der Waals surface area contributed by atoms with Crippen LogP contribution in [0.3, 0.4) is 0 Å². The van der Waals surface area contributed by atoms with E-state index in [-0.39, 0.29) is 5.76 Å². The van der Waals surface area contributed by atoms with Crippen molar-refractivity contribution >= 4 is 0 Å². The molecule has 0 aromatic rings. The normalized spacial score (nSPS) is 26.8. The Balaban J connectivity index is 2.96. The monoisotopic (exact) mass is 194 g/mol. The van der Waals surface area contributed by atoms with Crippen LogP contribution in [-0.2, 0) is 4.74 Å². The molecule has 78 valence electrons. The van der Waals surface area contributed by atoms with Crippen LogP contribution in [0.25, 0.3) is 0 Å². The first kappa shape index (κ1) is 11.1. The molecular weight excluding hydrogens is 176 g/mol. The van der Waals surface area contributed by atoms with E-state index in [1.54, 1.807) is 19.3 Å². The van der Waals surface area contributed by atoms with E-state index >= 15 is 0 Å². The average molecular weight is 194 g/mol. The zero-order valence-corrected chi connectivity index (χ0v) is 9.08. The molecular formula is C12H18O2. The highest BCUT2D eigenvalue weighted by Gasteiger charge is 2.20. The fraction of sp³-hybridized carbons (Fsp3) is 0.500. The molecule has 1 N–H and O–H groups in total. The zero-order valence-electron chi connectivity index (χ0n) is 9.08. The van der Waals surface area contributed by atoms with Gasteiger partial charge in [-0.1, -0.05) is 19.4 Å². The average Bonchev–Trinajstić information content (AvgIpc) is 2.27. The Bertz CT molecular complexity index is 287. The third-order valence-electron chi connectivity index (χ3n) is 2.35. The summed E-state index contributed by atoms with van der Waals surface area (Å²) in [5.74, 6) is 0.261. The molecule has 0 bridgehead atoms. The van der Waals surface area contributed by atoms with Gasteiger partial charge >= 0.3 is 0 Å². The predicted octanol–water partition coefficient (Wildman–Crippen LogP) is 3.13. The molecule has 0 aromatic carbocycles. The van der Waals surface area contributed by atoms with Crippen LogP contribution >= 0.6 is 0 Å². The second-order valence-corrected chi connectivity index (χ2v) is 3.76. The summed E-state index contributed by atoms with van der Waals surface area (Å²) in [4.78, 5) is 0. The largest absolute Gasteiger partial charge is 0.508 e. The van der Waals surface area contributed by atoms with Gasteiger partial charge in [0.15, 0.2) is 0 Å². The van der Waals surface area contributed by atoms with E-state index in [4.69, 9.17) is 4.74 Å². The molecule has 14 heavy (non-hydrogen) atoms. The van der Waals surface area contributed by atoms with Crippen molar-refractivity contribution in [2.45, 2.75) is 32.3 Å². The number of aliphatic hydroxyl groups is 1. The van der Waals surface area contributed by atoms with Crippen LogP contribution in [0.1, 0.15) is 26.7 Å². The number of rotatable bonds is 3. The molecule has 1 aliphatic rings. The van der Waals surface area contributed by atoms with Gasteiger partial charge < -0.3 is 9.84 Å². The second kappa shape index (κ2) is 4.47. The van der Waals surface area contributed by atoms with Crippen molar-refractivity contribution in [3.63, 3.8) is 0 Å². The summed E-state index contributed by atoms with van der Waals surface area (Å²) in [6, 6.07) is 0. The van der Waals surface area contributed by atoms with Crippen LogP contribution in [0.4, 0.5) is 0 Å². The number of aliphatic hydroxyl groups excluding tert-OH is 1. The smallest absolute Gasteiger partial charge is 0.114 e. The van der Waals surface area contributed by atoms with Crippen molar-refractivity contribution in [3.8, 4) is 0 Å². The van der Waals surface area contributed by atoms with Gasteiger partial charge in [0.25, 0.3) is 0 Å². The van der Waals surface area contributed by atoms with E-state index in [0.717, 1.165) is 12.8 Å². The van der Waals surface area contributed by atoms with Gasteiger partial charge in [0.05, 0.1) is 0 Å². The standard InChI is InChI=1S/C12H18O2/c1-4-5-10-6-7-11(13)9-12(2,8-10)14-3/h6-9,13H,4-5H2,1-3H3. The summed E-state index contributed by atoms with van der Waals surface area (Å²) in [7, 11) is 1.65. The molecule has 1 atom stereocenters. The SMILES string of the molecule is CCCC1=CC(C)(OC)C=C(O)C=C1. The van der Waals surface area contributed by atoms with E-state index in [9.17, 15) is 5.11 Å². The molecule has 0 spiro atoms. The highest BCUT2D eigenvalue weighted by molar-refractivity contribution is 5.35. The maximum Gasteiger partial charge on any atom is 0.114 e. The maximum atomic E-state index is 9.50. The summed E-state index contributed by atoms with van der Waals surface area (Å²) in [6.07, 6.45) is 9.53. The lowest BCUT2D eigenvalue weighted by atomic mass is 10.0. The lowest BCUT2D eigenvalue weighted by Crippen LogP contribution is -2.21. The Morgan fingerprint density at radius 3 is 2.64 bits per heavy atom. The highest BCUT2D eigenvalue weighted by Crippen LogP contribution is 2.23. The summed E-state index contributed by atoms with van der Waals surface area (Å²) < 4.78 is 5.35. The number of methoxy groups -OCH3 is 1. The van der Waals surface area contributed by atoms with Gasteiger partial charge in [0.2, 0.25) is 0 Å². The molecule has 0 fully saturated rings. The van der Waals surface area contributed by atoms with Crippen LogP contribution < -0.4 is 0 Å². The Morgan fingerprint density at radius 2 is 2.07 bits per heavy atom. The van der Waals surface area contributed by atoms with Crippen LogP contribution in [0.15, 0.2) is 35.6 Å². The van der Waals surface area contributed by atoms with Gasteiger partial charge in [0, 0.05) is 7.11 Å². The first-order valence-electron chi connectivity index (χ1n) is 4.96. The van der Waals surface area contributed by atoms with Crippen molar-refractivity contribution < 1.29 is 9.84 Å². The Kier molecular flexibility index (Phi) is 3.53. The minimum absolute atomic E-state index is 0.261. The van der Waals surface area contributed by atoms with Crippen molar-refractivity contribution in [1.29, 1.82) is 0 Å². The molecule has 1 aliphatic carbocycles. The molecule has 2 heteroatoms. The van der Waals surface area contributed by atoms with Gasteiger partial charge in [-0.15, -0.1) is 0 Å². The fourth-order valence-electron chi connectivity index (χ4n) is 1.55. The molecule has 1 unspecified atom stereocenters. The van der Waals surface area contributed by atoms with E-state index in [0.29, 0.717) is 0 Å². The minimum Gasteiger partial charge on any atom is -0.508 e. The molecule has 0 saturated heterocycles. The van der Waals surface area contributed by atoms with Gasteiger partial charge in [-0.05, 0) is 37.1 Å². The van der Waals surface area contributed by atoms with Crippen molar-refractivity contribution in [3.05, 3.63) is 35.6 Å². The van der Waals surface area contributed by atoms with E-state index in [2.05, 4.69) is 13.0 Å². The molecule has 0 heterocycles. The molecule has 0 amide bonds. The lowest BCUT2D eigenvalue weighted by Gasteiger charge is -2.20. The highest BCUT2D eigenvalue weighted by atomic mass is 16.5. The van der Waals surface area contributed by atoms with Crippen LogP contribution in [0.5, 0.6) is 0 Å². The number of hydrogen-bond donors (Lipinski definition) is 1. The maximum absolute atomic E-state index is 9.50. The summed E-state index contributed by atoms with van der Waals surface area (Å²) in [6.45, 7) is 4.07. The van der Waals surface area contributed by atoms with Crippen molar-refractivity contribution in [2.24, 2.45) is 0 Å². The Hall–Kier alpha value is -1.02. The molecule has 0 radical (unpaired) electrons. The predicted molar refractivity (Wildman–Crippen MR) is 58.3 cm³/mol. The fourth-order valence-corrected chi connectivity index (χ4v) is 1.55. The van der Waals surface area contributed by atoms with Crippen LogP contribution in [-0.4, -0.2) is 17.8 Å². The third kappa shape index (κ3) is 2.74. The molecule has 0 saturated carbocycles. The van der Waals surface area contributed by atoms with Crippen molar-refractivity contribution in [1.82, 2.24) is 0 Å². The Morgan fingerprint density at radius 1 is 1.36 bits per heavy atom. The quantitative estimate of drug-likeness (QED) is 0.748. The van der Waals surface area contributed by atoms with Crippen LogP contribution in [0.2, 0.25) is 0 Å².